The Hall–Kier alpha value is -1.99. The van der Waals surface area contributed by atoms with Gasteiger partial charge in [0.1, 0.15) is 5.75 Å². The van der Waals surface area contributed by atoms with Crippen LogP contribution in [0.15, 0.2) is 18.2 Å². The number of piperidine rings is 1. The Morgan fingerprint density at radius 2 is 2.04 bits per heavy atom. The molecule has 2 aliphatic heterocycles. The van der Waals surface area contributed by atoms with E-state index in [4.69, 9.17) is 16.3 Å². The van der Waals surface area contributed by atoms with Crippen molar-refractivity contribution in [3.63, 3.8) is 0 Å². The number of anilines is 1. The second-order valence-electron chi connectivity index (χ2n) is 6.83. The van der Waals surface area contributed by atoms with Crippen LogP contribution in [0.1, 0.15) is 19.3 Å². The summed E-state index contributed by atoms with van der Waals surface area (Å²) in [7, 11) is 0. The Labute approximate surface area is 157 Å². The zero-order valence-electron chi connectivity index (χ0n) is 14.5. The van der Waals surface area contributed by atoms with Gasteiger partial charge in [-0.2, -0.15) is 0 Å². The van der Waals surface area contributed by atoms with Gasteiger partial charge in [-0.25, -0.2) is 4.79 Å². The standard InChI is InChI=1S/C18H24ClN3O4/c19-14-1-2-16(23)15(9-14)21-17(24)13-3-6-22(7-4-13)18(25)20-10-12-5-8-26-11-12/h1-2,9,12-13,23H,3-8,10-11H2,(H,20,25)(H,21,24)/t12-/m1/s1. The molecule has 0 saturated carbocycles. The Morgan fingerprint density at radius 1 is 1.27 bits per heavy atom. The number of hydrogen-bond donors (Lipinski definition) is 3. The third-order valence-corrected chi connectivity index (χ3v) is 5.17. The normalized spacial score (nSPS) is 20.8. The van der Waals surface area contributed by atoms with Crippen LogP contribution in [0.4, 0.5) is 10.5 Å². The van der Waals surface area contributed by atoms with Gasteiger partial charge in [-0.15, -0.1) is 0 Å². The molecule has 1 atom stereocenters. The lowest BCUT2D eigenvalue weighted by atomic mass is 9.96. The van der Waals surface area contributed by atoms with Crippen LogP contribution in [-0.2, 0) is 9.53 Å². The number of nitrogens with one attached hydrogen (secondary N) is 2. The van der Waals surface area contributed by atoms with Crippen molar-refractivity contribution in [1.82, 2.24) is 10.2 Å². The lowest BCUT2D eigenvalue weighted by molar-refractivity contribution is -0.121. The van der Waals surface area contributed by atoms with E-state index in [0.717, 1.165) is 13.0 Å². The number of nitrogens with zero attached hydrogens (tertiary/aromatic N) is 1. The molecule has 26 heavy (non-hydrogen) atoms. The van der Waals surface area contributed by atoms with Gasteiger partial charge < -0.3 is 25.4 Å². The molecular formula is C18H24ClN3O4. The minimum atomic E-state index is -0.194. The summed E-state index contributed by atoms with van der Waals surface area (Å²) in [5, 5.41) is 15.9. The Kier molecular flexibility index (Phi) is 6.21. The molecule has 142 valence electrons. The van der Waals surface area contributed by atoms with Gasteiger partial charge in [-0.05, 0) is 37.5 Å². The highest BCUT2D eigenvalue weighted by Gasteiger charge is 2.28. The molecule has 0 unspecified atom stereocenters. The fraction of sp³-hybridized carbons (Fsp3) is 0.556. The maximum absolute atomic E-state index is 12.4. The number of carbonyl (C=O) groups excluding carboxylic acids is 2. The first-order valence-electron chi connectivity index (χ1n) is 8.93. The first-order chi connectivity index (χ1) is 12.5. The van der Waals surface area contributed by atoms with Gasteiger partial charge in [0, 0.05) is 43.1 Å². The summed E-state index contributed by atoms with van der Waals surface area (Å²) < 4.78 is 5.30. The van der Waals surface area contributed by atoms with E-state index in [1.54, 1.807) is 11.0 Å². The highest BCUT2D eigenvalue weighted by Crippen LogP contribution is 2.28. The number of aromatic hydroxyl groups is 1. The van der Waals surface area contributed by atoms with Gasteiger partial charge in [0.05, 0.1) is 12.3 Å². The molecular weight excluding hydrogens is 358 g/mol. The van der Waals surface area contributed by atoms with E-state index in [-0.39, 0.29) is 23.6 Å². The molecule has 1 aromatic carbocycles. The summed E-state index contributed by atoms with van der Waals surface area (Å²) in [6.07, 6.45) is 2.17. The van der Waals surface area contributed by atoms with Crippen molar-refractivity contribution in [2.45, 2.75) is 19.3 Å². The Morgan fingerprint density at radius 3 is 2.73 bits per heavy atom. The average Bonchev–Trinajstić information content (AvgIpc) is 3.16. The number of benzene rings is 1. The van der Waals surface area contributed by atoms with E-state index in [1.165, 1.54) is 12.1 Å². The molecule has 2 saturated heterocycles. The van der Waals surface area contributed by atoms with E-state index in [2.05, 4.69) is 10.6 Å². The zero-order chi connectivity index (χ0) is 18.5. The largest absolute Gasteiger partial charge is 0.506 e. The molecule has 3 rings (SSSR count). The molecule has 2 heterocycles. The number of phenolic OH excluding ortho intramolecular Hbond substituents is 1. The van der Waals surface area contributed by atoms with Crippen LogP contribution in [0.5, 0.6) is 5.75 Å². The maximum Gasteiger partial charge on any atom is 0.317 e. The summed E-state index contributed by atoms with van der Waals surface area (Å²) in [4.78, 5) is 26.4. The molecule has 3 N–H and O–H groups in total. The molecule has 0 aliphatic carbocycles. The van der Waals surface area contributed by atoms with Gasteiger partial charge in [0.25, 0.3) is 0 Å². The van der Waals surface area contributed by atoms with E-state index in [0.29, 0.717) is 55.7 Å². The number of likely N-dealkylation sites (tertiary alicyclic amines) is 1. The highest BCUT2D eigenvalue weighted by atomic mass is 35.5. The van der Waals surface area contributed by atoms with Crippen molar-refractivity contribution in [2.75, 3.05) is 38.2 Å². The van der Waals surface area contributed by atoms with E-state index in [9.17, 15) is 14.7 Å². The van der Waals surface area contributed by atoms with E-state index in [1.807, 2.05) is 0 Å². The number of amides is 3. The number of carbonyl (C=O) groups is 2. The fourth-order valence-corrected chi connectivity index (χ4v) is 3.45. The fourth-order valence-electron chi connectivity index (χ4n) is 3.28. The number of hydrogen-bond acceptors (Lipinski definition) is 4. The number of ether oxygens (including phenoxy) is 1. The van der Waals surface area contributed by atoms with Crippen molar-refractivity contribution in [3.05, 3.63) is 23.2 Å². The topological polar surface area (TPSA) is 90.9 Å². The molecule has 3 amide bonds. The van der Waals surface area contributed by atoms with Crippen molar-refractivity contribution < 1.29 is 19.4 Å². The summed E-state index contributed by atoms with van der Waals surface area (Å²) >= 11 is 5.90. The second-order valence-corrected chi connectivity index (χ2v) is 7.26. The first-order valence-corrected chi connectivity index (χ1v) is 9.30. The lowest BCUT2D eigenvalue weighted by Crippen LogP contribution is -2.47. The molecule has 2 fully saturated rings. The monoisotopic (exact) mass is 381 g/mol. The minimum absolute atomic E-state index is 0.0181. The second kappa shape index (κ2) is 8.60. The van der Waals surface area contributed by atoms with Crippen molar-refractivity contribution in [1.29, 1.82) is 0 Å². The van der Waals surface area contributed by atoms with Crippen LogP contribution >= 0.6 is 11.6 Å². The van der Waals surface area contributed by atoms with Crippen molar-refractivity contribution in [3.8, 4) is 5.75 Å². The number of urea groups is 1. The number of halogens is 1. The SMILES string of the molecule is O=C(Nc1cc(Cl)ccc1O)C1CCN(C(=O)NC[C@H]2CCOC2)CC1. The highest BCUT2D eigenvalue weighted by molar-refractivity contribution is 6.31. The van der Waals surface area contributed by atoms with Gasteiger partial charge in [0.2, 0.25) is 5.91 Å². The first kappa shape index (κ1) is 18.8. The van der Waals surface area contributed by atoms with Crippen LogP contribution in [0.25, 0.3) is 0 Å². The molecule has 8 heteroatoms. The molecule has 0 aromatic heterocycles. The third-order valence-electron chi connectivity index (χ3n) is 4.94. The van der Waals surface area contributed by atoms with Crippen LogP contribution in [0, 0.1) is 11.8 Å². The molecule has 1 aromatic rings. The lowest BCUT2D eigenvalue weighted by Gasteiger charge is -2.31. The zero-order valence-corrected chi connectivity index (χ0v) is 15.3. The summed E-state index contributed by atoms with van der Waals surface area (Å²) in [5.41, 5.74) is 0.307. The van der Waals surface area contributed by atoms with E-state index < -0.39 is 0 Å². The third kappa shape index (κ3) is 4.80. The van der Waals surface area contributed by atoms with Crippen LogP contribution in [0.2, 0.25) is 5.02 Å². The van der Waals surface area contributed by atoms with Crippen molar-refractivity contribution >= 4 is 29.2 Å². The van der Waals surface area contributed by atoms with Crippen LogP contribution in [0.3, 0.4) is 0 Å². The van der Waals surface area contributed by atoms with Gasteiger partial charge >= 0.3 is 6.03 Å². The van der Waals surface area contributed by atoms with Gasteiger partial charge in [0.15, 0.2) is 0 Å². The maximum atomic E-state index is 12.4. The van der Waals surface area contributed by atoms with E-state index >= 15 is 0 Å². The quantitative estimate of drug-likeness (QED) is 0.698. The van der Waals surface area contributed by atoms with Gasteiger partial charge in [-0.3, -0.25) is 4.79 Å². The smallest absolute Gasteiger partial charge is 0.317 e. The molecule has 2 aliphatic rings. The van der Waals surface area contributed by atoms with Crippen LogP contribution in [-0.4, -0.2) is 54.8 Å². The molecule has 0 radical (unpaired) electrons. The number of rotatable bonds is 4. The summed E-state index contributed by atoms with van der Waals surface area (Å²) in [6.45, 7) is 3.18. The average molecular weight is 382 g/mol. The Bertz CT molecular complexity index is 656. The summed E-state index contributed by atoms with van der Waals surface area (Å²) in [6, 6.07) is 4.44. The number of phenols is 1. The summed E-state index contributed by atoms with van der Waals surface area (Å²) in [5.74, 6) is 0.0227. The molecule has 0 spiro atoms. The van der Waals surface area contributed by atoms with Crippen molar-refractivity contribution in [2.24, 2.45) is 11.8 Å². The molecule has 0 bridgehead atoms. The minimum Gasteiger partial charge on any atom is -0.506 e. The predicted octanol–water partition coefficient (Wildman–Crippen LogP) is 2.44. The van der Waals surface area contributed by atoms with Crippen LogP contribution < -0.4 is 10.6 Å². The van der Waals surface area contributed by atoms with Gasteiger partial charge in [-0.1, -0.05) is 11.6 Å². The molecule has 7 nitrogen and oxygen atoms in total. The Balaban J connectivity index is 1.44. The predicted molar refractivity (Wildman–Crippen MR) is 98.4 cm³/mol.